The van der Waals surface area contributed by atoms with Gasteiger partial charge in [-0.25, -0.2) is 0 Å². The zero-order valence-corrected chi connectivity index (χ0v) is 11.1. The number of hydrogen-bond donors (Lipinski definition) is 0. The van der Waals surface area contributed by atoms with Crippen LogP contribution in [0, 0.1) is 0 Å². The van der Waals surface area contributed by atoms with E-state index in [4.69, 9.17) is 9.47 Å². The van der Waals surface area contributed by atoms with Crippen molar-refractivity contribution >= 4 is 11.9 Å². The molecule has 2 aromatic carbocycles. The first kappa shape index (κ1) is 12.5. The molecule has 0 amide bonds. The van der Waals surface area contributed by atoms with Crippen LogP contribution in [0.1, 0.15) is 22.8 Å². The van der Waals surface area contributed by atoms with Crippen LogP contribution in [0.2, 0.25) is 0 Å². The summed E-state index contributed by atoms with van der Waals surface area (Å²) in [6, 6.07) is 14.9. The van der Waals surface area contributed by atoms with Crippen molar-refractivity contribution in [1.29, 1.82) is 0 Å². The number of fused-ring (bicyclic) bond motifs is 1. The van der Waals surface area contributed by atoms with Crippen molar-refractivity contribution in [3.05, 3.63) is 65.4 Å². The lowest BCUT2D eigenvalue weighted by Crippen LogP contribution is -1.97. The number of rotatable bonds is 3. The van der Waals surface area contributed by atoms with Gasteiger partial charge in [0.15, 0.2) is 5.76 Å². The molecule has 0 N–H and O–H groups in total. The SMILES string of the molecule is CCOc1ccc2c(c1)OC(=Cc1ccccc1)C2=O. The standard InChI is InChI=1S/C17H14O3/c1-2-19-13-8-9-14-15(11-13)20-16(17(14)18)10-12-6-4-3-5-7-12/h3-11H,2H2,1H3. The van der Waals surface area contributed by atoms with Gasteiger partial charge in [-0.1, -0.05) is 30.3 Å². The number of allylic oxidation sites excluding steroid dienone is 1. The van der Waals surface area contributed by atoms with Crippen molar-refractivity contribution in [2.45, 2.75) is 6.92 Å². The lowest BCUT2D eigenvalue weighted by molar-refractivity contribution is 0.101. The Morgan fingerprint density at radius 1 is 1.15 bits per heavy atom. The van der Waals surface area contributed by atoms with Crippen LogP contribution < -0.4 is 9.47 Å². The predicted molar refractivity (Wildman–Crippen MR) is 77.0 cm³/mol. The zero-order valence-electron chi connectivity index (χ0n) is 11.1. The normalized spacial score (nSPS) is 15.1. The summed E-state index contributed by atoms with van der Waals surface area (Å²) in [4.78, 5) is 12.2. The molecule has 0 atom stereocenters. The maximum absolute atomic E-state index is 12.2. The number of Topliss-reactive ketones (excluding diaryl/α,β-unsaturated/α-hetero) is 1. The Hall–Kier alpha value is -2.55. The topological polar surface area (TPSA) is 35.5 Å². The average molecular weight is 266 g/mol. The molecule has 0 saturated carbocycles. The first-order chi connectivity index (χ1) is 9.78. The Labute approximate surface area is 117 Å². The fourth-order valence-electron chi connectivity index (χ4n) is 2.12. The van der Waals surface area contributed by atoms with Crippen LogP contribution in [-0.4, -0.2) is 12.4 Å². The van der Waals surface area contributed by atoms with Crippen molar-refractivity contribution in [2.24, 2.45) is 0 Å². The van der Waals surface area contributed by atoms with Crippen LogP contribution in [0.5, 0.6) is 11.5 Å². The first-order valence-corrected chi connectivity index (χ1v) is 6.54. The van der Waals surface area contributed by atoms with Gasteiger partial charge in [-0.3, -0.25) is 4.79 Å². The van der Waals surface area contributed by atoms with E-state index in [1.54, 1.807) is 24.3 Å². The van der Waals surface area contributed by atoms with Gasteiger partial charge in [0, 0.05) is 6.07 Å². The van der Waals surface area contributed by atoms with E-state index in [0.29, 0.717) is 29.4 Å². The van der Waals surface area contributed by atoms with Crippen molar-refractivity contribution in [3.63, 3.8) is 0 Å². The quantitative estimate of drug-likeness (QED) is 0.795. The Morgan fingerprint density at radius 3 is 2.70 bits per heavy atom. The Morgan fingerprint density at radius 2 is 1.95 bits per heavy atom. The highest BCUT2D eigenvalue weighted by Gasteiger charge is 2.27. The van der Waals surface area contributed by atoms with Gasteiger partial charge in [-0.05, 0) is 30.7 Å². The highest BCUT2D eigenvalue weighted by Crippen LogP contribution is 2.34. The molecular formula is C17H14O3. The van der Waals surface area contributed by atoms with Gasteiger partial charge in [0.05, 0.1) is 12.2 Å². The second-order valence-electron chi connectivity index (χ2n) is 4.44. The van der Waals surface area contributed by atoms with Crippen LogP contribution in [-0.2, 0) is 0 Å². The molecule has 3 nitrogen and oxygen atoms in total. The van der Waals surface area contributed by atoms with E-state index in [9.17, 15) is 4.79 Å². The third-order valence-electron chi connectivity index (χ3n) is 3.05. The van der Waals surface area contributed by atoms with Gasteiger partial charge in [-0.15, -0.1) is 0 Å². The second kappa shape index (κ2) is 5.21. The van der Waals surface area contributed by atoms with E-state index >= 15 is 0 Å². The smallest absolute Gasteiger partial charge is 0.231 e. The third kappa shape index (κ3) is 2.30. The molecule has 0 aromatic heterocycles. The number of hydrogen-bond acceptors (Lipinski definition) is 3. The van der Waals surface area contributed by atoms with Gasteiger partial charge < -0.3 is 9.47 Å². The summed E-state index contributed by atoms with van der Waals surface area (Å²) in [5.74, 6) is 1.52. The summed E-state index contributed by atoms with van der Waals surface area (Å²) >= 11 is 0. The molecule has 2 aromatic rings. The van der Waals surface area contributed by atoms with E-state index in [2.05, 4.69) is 0 Å². The maximum atomic E-state index is 12.2. The minimum atomic E-state index is -0.0908. The van der Waals surface area contributed by atoms with Crippen LogP contribution in [0.3, 0.4) is 0 Å². The predicted octanol–water partition coefficient (Wildman–Crippen LogP) is 3.70. The van der Waals surface area contributed by atoms with E-state index < -0.39 is 0 Å². The number of carbonyl (C=O) groups is 1. The van der Waals surface area contributed by atoms with E-state index in [1.807, 2.05) is 37.3 Å². The molecule has 0 saturated heterocycles. The third-order valence-corrected chi connectivity index (χ3v) is 3.05. The number of ether oxygens (including phenoxy) is 2. The lowest BCUT2D eigenvalue weighted by Gasteiger charge is -2.03. The van der Waals surface area contributed by atoms with E-state index in [0.717, 1.165) is 5.56 Å². The molecule has 0 radical (unpaired) electrons. The van der Waals surface area contributed by atoms with Crippen molar-refractivity contribution < 1.29 is 14.3 Å². The van der Waals surface area contributed by atoms with Crippen LogP contribution >= 0.6 is 0 Å². The molecule has 0 fully saturated rings. The largest absolute Gasteiger partial charge is 0.494 e. The summed E-state index contributed by atoms with van der Waals surface area (Å²) in [5.41, 5.74) is 1.52. The van der Waals surface area contributed by atoms with E-state index in [1.165, 1.54) is 0 Å². The summed E-state index contributed by atoms with van der Waals surface area (Å²) in [6.07, 6.45) is 1.75. The summed E-state index contributed by atoms with van der Waals surface area (Å²) in [6.45, 7) is 2.50. The zero-order chi connectivity index (χ0) is 13.9. The fraction of sp³-hybridized carbons (Fsp3) is 0.118. The Bertz CT molecular complexity index is 672. The summed E-state index contributed by atoms with van der Waals surface area (Å²) in [5, 5.41) is 0. The molecule has 1 aliphatic heterocycles. The minimum absolute atomic E-state index is 0.0908. The van der Waals surface area contributed by atoms with Crippen LogP contribution in [0.25, 0.3) is 6.08 Å². The Balaban J connectivity index is 1.92. The molecule has 3 heteroatoms. The second-order valence-corrected chi connectivity index (χ2v) is 4.44. The Kier molecular flexibility index (Phi) is 3.25. The van der Waals surface area contributed by atoms with Gasteiger partial charge in [0.25, 0.3) is 0 Å². The van der Waals surface area contributed by atoms with Crippen molar-refractivity contribution in [1.82, 2.24) is 0 Å². The number of ketones is 1. The molecule has 3 rings (SSSR count). The lowest BCUT2D eigenvalue weighted by atomic mass is 10.1. The van der Waals surface area contributed by atoms with Gasteiger partial charge in [0.1, 0.15) is 11.5 Å². The van der Waals surface area contributed by atoms with E-state index in [-0.39, 0.29) is 5.78 Å². The molecule has 20 heavy (non-hydrogen) atoms. The summed E-state index contributed by atoms with van der Waals surface area (Å²) < 4.78 is 11.1. The number of carbonyl (C=O) groups excluding carboxylic acids is 1. The van der Waals surface area contributed by atoms with Crippen molar-refractivity contribution in [3.8, 4) is 11.5 Å². The first-order valence-electron chi connectivity index (χ1n) is 6.54. The molecule has 0 unspecified atom stereocenters. The monoisotopic (exact) mass is 266 g/mol. The number of benzene rings is 2. The molecule has 1 aliphatic rings. The molecule has 0 spiro atoms. The highest BCUT2D eigenvalue weighted by atomic mass is 16.5. The summed E-state index contributed by atoms with van der Waals surface area (Å²) in [7, 11) is 0. The van der Waals surface area contributed by atoms with Gasteiger partial charge in [-0.2, -0.15) is 0 Å². The highest BCUT2D eigenvalue weighted by molar-refractivity contribution is 6.14. The molecule has 0 aliphatic carbocycles. The van der Waals surface area contributed by atoms with Crippen molar-refractivity contribution in [2.75, 3.05) is 6.61 Å². The van der Waals surface area contributed by atoms with Gasteiger partial charge >= 0.3 is 0 Å². The molecule has 100 valence electrons. The molecule has 0 bridgehead atoms. The van der Waals surface area contributed by atoms with Gasteiger partial charge in [0.2, 0.25) is 5.78 Å². The van der Waals surface area contributed by atoms with Crippen LogP contribution in [0.15, 0.2) is 54.3 Å². The molecular weight excluding hydrogens is 252 g/mol. The average Bonchev–Trinajstić information content (AvgIpc) is 2.77. The minimum Gasteiger partial charge on any atom is -0.494 e. The fourth-order valence-corrected chi connectivity index (χ4v) is 2.12. The molecule has 1 heterocycles. The van der Waals surface area contributed by atoms with Crippen LogP contribution in [0.4, 0.5) is 0 Å². The maximum Gasteiger partial charge on any atom is 0.231 e.